The molecule has 0 aliphatic carbocycles. The van der Waals surface area contributed by atoms with E-state index in [2.05, 4.69) is 13.2 Å². The van der Waals surface area contributed by atoms with Crippen LogP contribution >= 0.6 is 0 Å². The quantitative estimate of drug-likeness (QED) is 0.179. The standard InChI is InChI=1S/C32H30O5/c1-3-5-23-17-29(19-25(31(23)35)15-21-7-11-27(33)12-8-21)37-30-18-24(6-4-2)32(36)26(20-30)16-22-9-13-28(34)14-10-22/h3-4,7-14,17-20,33-36H,1-2,5-6,15-16H2. The molecule has 4 aromatic rings. The molecule has 4 rings (SSSR count). The van der Waals surface area contributed by atoms with Gasteiger partial charge >= 0.3 is 0 Å². The molecule has 4 N–H and O–H groups in total. The van der Waals surface area contributed by atoms with E-state index in [1.54, 1.807) is 60.7 Å². The van der Waals surface area contributed by atoms with Crippen molar-refractivity contribution in [3.05, 3.63) is 131 Å². The second-order valence-electron chi connectivity index (χ2n) is 8.95. The third kappa shape index (κ3) is 6.33. The molecule has 0 amide bonds. The monoisotopic (exact) mass is 494 g/mol. The first kappa shape index (κ1) is 25.5. The van der Waals surface area contributed by atoms with Crippen molar-refractivity contribution >= 4 is 0 Å². The normalized spacial score (nSPS) is 10.7. The van der Waals surface area contributed by atoms with Crippen LogP contribution in [-0.2, 0) is 25.7 Å². The van der Waals surface area contributed by atoms with Gasteiger partial charge in [-0.1, -0.05) is 36.4 Å². The maximum atomic E-state index is 10.9. The fourth-order valence-corrected chi connectivity index (χ4v) is 4.27. The second kappa shape index (κ2) is 11.4. The van der Waals surface area contributed by atoms with Gasteiger partial charge in [0, 0.05) is 35.1 Å². The Kier molecular flexibility index (Phi) is 7.84. The van der Waals surface area contributed by atoms with Crippen molar-refractivity contribution in [2.75, 3.05) is 0 Å². The first-order chi connectivity index (χ1) is 17.9. The van der Waals surface area contributed by atoms with Crippen molar-refractivity contribution < 1.29 is 25.2 Å². The molecule has 5 nitrogen and oxygen atoms in total. The molecule has 0 saturated carbocycles. The predicted octanol–water partition coefficient (Wildman–Crippen LogP) is 6.94. The van der Waals surface area contributed by atoms with Gasteiger partial charge in [-0.15, -0.1) is 13.2 Å². The highest BCUT2D eigenvalue weighted by molar-refractivity contribution is 5.53. The van der Waals surface area contributed by atoms with Crippen LogP contribution in [0.15, 0.2) is 98.1 Å². The van der Waals surface area contributed by atoms with Crippen molar-refractivity contribution in [1.82, 2.24) is 0 Å². The summed E-state index contributed by atoms with van der Waals surface area (Å²) in [5, 5.41) is 41.0. The molecule has 188 valence electrons. The predicted molar refractivity (Wildman–Crippen MR) is 146 cm³/mol. The minimum Gasteiger partial charge on any atom is -0.508 e. The summed E-state index contributed by atoms with van der Waals surface area (Å²) in [6.07, 6.45) is 5.29. The van der Waals surface area contributed by atoms with E-state index in [0.29, 0.717) is 59.4 Å². The lowest BCUT2D eigenvalue weighted by Crippen LogP contribution is -1.98. The molecule has 0 atom stereocenters. The van der Waals surface area contributed by atoms with Gasteiger partial charge in [0.05, 0.1) is 0 Å². The number of allylic oxidation sites excluding steroid dienone is 2. The first-order valence-electron chi connectivity index (χ1n) is 12.0. The number of benzene rings is 4. The van der Waals surface area contributed by atoms with E-state index in [1.165, 1.54) is 0 Å². The van der Waals surface area contributed by atoms with Gasteiger partial charge in [-0.2, -0.15) is 0 Å². The van der Waals surface area contributed by atoms with Crippen molar-refractivity contribution in [1.29, 1.82) is 0 Å². The lowest BCUT2D eigenvalue weighted by Gasteiger charge is -2.16. The highest BCUT2D eigenvalue weighted by atomic mass is 16.5. The fourth-order valence-electron chi connectivity index (χ4n) is 4.27. The van der Waals surface area contributed by atoms with Crippen molar-refractivity contribution in [2.24, 2.45) is 0 Å². The minimum absolute atomic E-state index is 0.183. The molecule has 0 spiro atoms. The minimum atomic E-state index is 0.183. The Morgan fingerprint density at radius 1 is 0.541 bits per heavy atom. The molecular formula is C32H30O5. The Morgan fingerprint density at radius 3 is 1.24 bits per heavy atom. The average molecular weight is 495 g/mol. The summed E-state index contributed by atoms with van der Waals surface area (Å²) in [6, 6.07) is 20.9. The van der Waals surface area contributed by atoms with E-state index in [0.717, 1.165) is 11.1 Å². The molecule has 4 aromatic carbocycles. The third-order valence-electron chi connectivity index (χ3n) is 6.11. The Bertz CT molecular complexity index is 1290. The van der Waals surface area contributed by atoms with Crippen LogP contribution in [-0.4, -0.2) is 20.4 Å². The van der Waals surface area contributed by atoms with E-state index in [1.807, 2.05) is 24.3 Å². The molecule has 0 bridgehead atoms. The zero-order valence-electron chi connectivity index (χ0n) is 20.5. The third-order valence-corrected chi connectivity index (χ3v) is 6.11. The molecule has 0 aliphatic rings. The summed E-state index contributed by atoms with van der Waals surface area (Å²) >= 11 is 0. The van der Waals surface area contributed by atoms with Crippen LogP contribution < -0.4 is 4.74 Å². The molecule has 5 heteroatoms. The Labute approximate surface area is 216 Å². The van der Waals surface area contributed by atoms with E-state index in [4.69, 9.17) is 4.74 Å². The van der Waals surface area contributed by atoms with Gasteiger partial charge in [0.15, 0.2) is 0 Å². The average Bonchev–Trinajstić information content (AvgIpc) is 2.87. The fraction of sp³-hybridized carbons (Fsp3) is 0.125. The van der Waals surface area contributed by atoms with Crippen LogP contribution in [0.1, 0.15) is 33.4 Å². The zero-order valence-corrected chi connectivity index (χ0v) is 20.5. The van der Waals surface area contributed by atoms with Crippen LogP contribution in [0.4, 0.5) is 0 Å². The molecule has 0 aromatic heterocycles. The smallest absolute Gasteiger partial charge is 0.128 e. The molecule has 0 unspecified atom stereocenters. The van der Waals surface area contributed by atoms with E-state index >= 15 is 0 Å². The van der Waals surface area contributed by atoms with Gasteiger partial charge in [-0.05, 0) is 72.5 Å². The molecular weight excluding hydrogens is 464 g/mol. The number of hydrogen-bond donors (Lipinski definition) is 4. The van der Waals surface area contributed by atoms with Crippen molar-refractivity contribution in [3.8, 4) is 34.5 Å². The lowest BCUT2D eigenvalue weighted by atomic mass is 9.98. The van der Waals surface area contributed by atoms with E-state index in [9.17, 15) is 20.4 Å². The highest BCUT2D eigenvalue weighted by Gasteiger charge is 2.15. The largest absolute Gasteiger partial charge is 0.508 e. The van der Waals surface area contributed by atoms with Gasteiger partial charge < -0.3 is 25.2 Å². The lowest BCUT2D eigenvalue weighted by molar-refractivity contribution is 0.447. The number of phenolic OH excluding ortho intramolecular Hbond substituents is 4. The van der Waals surface area contributed by atoms with Crippen molar-refractivity contribution in [3.63, 3.8) is 0 Å². The molecule has 37 heavy (non-hydrogen) atoms. The second-order valence-corrected chi connectivity index (χ2v) is 8.95. The Morgan fingerprint density at radius 2 is 0.892 bits per heavy atom. The van der Waals surface area contributed by atoms with Crippen LogP contribution in [0.2, 0.25) is 0 Å². The van der Waals surface area contributed by atoms with Gasteiger partial charge in [0.2, 0.25) is 0 Å². The van der Waals surface area contributed by atoms with Crippen molar-refractivity contribution in [2.45, 2.75) is 25.7 Å². The molecule has 0 radical (unpaired) electrons. The molecule has 0 saturated heterocycles. The Balaban J connectivity index is 1.70. The first-order valence-corrected chi connectivity index (χ1v) is 12.0. The van der Waals surface area contributed by atoms with Crippen LogP contribution in [0, 0.1) is 0 Å². The van der Waals surface area contributed by atoms with E-state index in [-0.39, 0.29) is 23.0 Å². The van der Waals surface area contributed by atoms with Crippen LogP contribution in [0.5, 0.6) is 34.5 Å². The molecule has 0 fully saturated rings. The van der Waals surface area contributed by atoms with Gasteiger partial charge in [-0.25, -0.2) is 0 Å². The van der Waals surface area contributed by atoms with Crippen LogP contribution in [0.25, 0.3) is 0 Å². The number of ether oxygens (including phenoxy) is 1. The topological polar surface area (TPSA) is 90.2 Å². The number of aromatic hydroxyl groups is 4. The SMILES string of the molecule is C=CCc1cc(Oc2cc(CC=C)c(O)c(Cc3ccc(O)cc3)c2)cc(Cc2ccc(O)cc2)c1O. The summed E-state index contributed by atoms with van der Waals surface area (Å²) in [7, 11) is 0. The molecule has 0 heterocycles. The summed E-state index contributed by atoms with van der Waals surface area (Å²) < 4.78 is 6.29. The maximum absolute atomic E-state index is 10.9. The van der Waals surface area contributed by atoms with Gasteiger partial charge in [0.1, 0.15) is 34.5 Å². The summed E-state index contributed by atoms with van der Waals surface area (Å²) in [6.45, 7) is 7.60. The maximum Gasteiger partial charge on any atom is 0.128 e. The number of rotatable bonds is 10. The highest BCUT2D eigenvalue weighted by Crippen LogP contribution is 2.36. The van der Waals surface area contributed by atoms with Gasteiger partial charge in [-0.3, -0.25) is 0 Å². The molecule has 0 aliphatic heterocycles. The van der Waals surface area contributed by atoms with Gasteiger partial charge in [0.25, 0.3) is 0 Å². The number of hydrogen-bond acceptors (Lipinski definition) is 5. The zero-order chi connectivity index (χ0) is 26.4. The summed E-state index contributed by atoms with van der Waals surface area (Å²) in [4.78, 5) is 0. The van der Waals surface area contributed by atoms with E-state index < -0.39 is 0 Å². The summed E-state index contributed by atoms with van der Waals surface area (Å²) in [5.41, 5.74) is 4.63. The van der Waals surface area contributed by atoms with Crippen LogP contribution in [0.3, 0.4) is 0 Å². The Hall–Kier alpha value is -4.64. The summed E-state index contributed by atoms with van der Waals surface area (Å²) in [5.74, 6) is 1.84. The number of phenols is 4.